The quantitative estimate of drug-likeness (QED) is 0.238. The minimum atomic E-state index is -2.22. The maximum absolute atomic E-state index is 10.1. The van der Waals surface area contributed by atoms with Gasteiger partial charge >= 0.3 is 0 Å². The lowest BCUT2D eigenvalue weighted by Crippen LogP contribution is -2.62. The molecule has 0 aromatic carbocycles. The van der Waals surface area contributed by atoms with E-state index < -0.39 is 74.6 Å². The Morgan fingerprint density at radius 1 is 0.870 bits per heavy atom. The summed E-state index contributed by atoms with van der Waals surface area (Å²) in [5, 5.41) is 76.7. The fourth-order valence-corrected chi connectivity index (χ4v) is 2.66. The molecule has 2 saturated heterocycles. The average Bonchev–Trinajstić information content (AvgIpc) is 2.78. The monoisotopic (exact) mass is 342 g/mol. The Morgan fingerprint density at radius 2 is 1.52 bits per heavy atom. The van der Waals surface area contributed by atoms with Crippen LogP contribution in [0.15, 0.2) is 0 Å². The summed E-state index contributed by atoms with van der Waals surface area (Å²) in [4.78, 5) is 0. The van der Waals surface area contributed by atoms with E-state index >= 15 is 0 Å². The fourth-order valence-electron chi connectivity index (χ4n) is 2.66. The Labute approximate surface area is 130 Å². The number of rotatable bonds is 5. The van der Waals surface area contributed by atoms with Crippen LogP contribution in [-0.2, 0) is 14.2 Å². The topological polar surface area (TPSA) is 190 Å². The predicted molar refractivity (Wildman–Crippen MR) is 68.3 cm³/mol. The second-order valence-electron chi connectivity index (χ2n) is 5.58. The zero-order valence-corrected chi connectivity index (χ0v) is 12.0. The van der Waals surface area contributed by atoms with Crippen molar-refractivity contribution >= 4 is 0 Å². The van der Waals surface area contributed by atoms with Crippen molar-refractivity contribution in [3.05, 3.63) is 0 Å². The van der Waals surface area contributed by atoms with E-state index in [2.05, 4.69) is 0 Å². The first kappa shape index (κ1) is 18.9. The molecule has 0 saturated carbocycles. The lowest BCUT2D eigenvalue weighted by Gasteiger charge is -2.43. The number of aliphatic hydroxyl groups excluding tert-OH is 8. The van der Waals surface area contributed by atoms with Crippen molar-refractivity contribution in [2.45, 2.75) is 48.9 Å². The van der Waals surface area contributed by atoms with E-state index in [0.717, 1.165) is 0 Å². The molecule has 2 fully saturated rings. The van der Waals surface area contributed by atoms with Crippen molar-refractivity contribution in [1.82, 2.24) is 0 Å². The van der Waals surface area contributed by atoms with Crippen LogP contribution in [0.5, 0.6) is 0 Å². The van der Waals surface area contributed by atoms with Gasteiger partial charge < -0.3 is 55.1 Å². The summed E-state index contributed by atoms with van der Waals surface area (Å²) in [6.45, 7) is -2.32. The molecule has 2 aliphatic heterocycles. The third-order valence-electron chi connectivity index (χ3n) is 4.14. The van der Waals surface area contributed by atoms with E-state index in [0.29, 0.717) is 0 Å². The number of hydrogen-bond donors (Lipinski definition) is 8. The summed E-state index contributed by atoms with van der Waals surface area (Å²) in [7, 11) is 0. The van der Waals surface area contributed by atoms with Crippen LogP contribution in [0.1, 0.15) is 0 Å². The van der Waals surface area contributed by atoms with Crippen LogP contribution >= 0.6 is 0 Å². The van der Waals surface area contributed by atoms with E-state index in [1.165, 1.54) is 0 Å². The molecule has 0 aromatic heterocycles. The zero-order chi connectivity index (χ0) is 17.4. The number of hydrogen-bond acceptors (Lipinski definition) is 11. The van der Waals surface area contributed by atoms with Crippen molar-refractivity contribution in [2.24, 2.45) is 5.92 Å². The second kappa shape index (κ2) is 7.21. The Hall–Kier alpha value is -0.440. The molecule has 0 radical (unpaired) electrons. The number of aliphatic hydroxyl groups is 8. The predicted octanol–water partition coefficient (Wildman–Crippen LogP) is -5.19. The largest absolute Gasteiger partial charge is 0.396 e. The Kier molecular flexibility index (Phi) is 5.92. The van der Waals surface area contributed by atoms with Gasteiger partial charge in [-0.3, -0.25) is 0 Å². The van der Waals surface area contributed by atoms with Gasteiger partial charge in [-0.2, -0.15) is 0 Å². The molecule has 0 aliphatic carbocycles. The lowest BCUT2D eigenvalue weighted by atomic mass is 9.97. The van der Waals surface area contributed by atoms with E-state index in [1.807, 2.05) is 0 Å². The molecule has 2 heterocycles. The Bertz CT molecular complexity index is 393. The van der Waals surface area contributed by atoms with Crippen LogP contribution in [0.2, 0.25) is 0 Å². The molecule has 136 valence electrons. The Morgan fingerprint density at radius 3 is 2.00 bits per heavy atom. The highest BCUT2D eigenvalue weighted by molar-refractivity contribution is 4.95. The second-order valence-corrected chi connectivity index (χ2v) is 5.58. The molecular formula is C12H22O11. The molecule has 2 rings (SSSR count). The van der Waals surface area contributed by atoms with Gasteiger partial charge in [0.15, 0.2) is 12.6 Å². The van der Waals surface area contributed by atoms with Gasteiger partial charge in [-0.25, -0.2) is 0 Å². The molecule has 23 heavy (non-hydrogen) atoms. The minimum Gasteiger partial charge on any atom is -0.396 e. The number of ether oxygens (including phenoxy) is 3. The molecular weight excluding hydrogens is 320 g/mol. The normalized spacial score (nSPS) is 51.1. The van der Waals surface area contributed by atoms with Gasteiger partial charge in [0.2, 0.25) is 5.79 Å². The molecule has 0 bridgehead atoms. The highest BCUT2D eigenvalue weighted by Gasteiger charge is 2.58. The van der Waals surface area contributed by atoms with E-state index in [9.17, 15) is 30.6 Å². The molecule has 0 aromatic rings. The Balaban J connectivity index is 2.18. The standard InChI is InChI=1S/C12H22O11/c13-1-4-9(19)12(3-15,22-10(4)20)23-11-8(18)7(17)6(16)5(2-14)21-11/h4-11,13-20H,1-3H2. The first-order chi connectivity index (χ1) is 10.8. The summed E-state index contributed by atoms with van der Waals surface area (Å²) in [5.74, 6) is -3.40. The van der Waals surface area contributed by atoms with Gasteiger partial charge in [-0.15, -0.1) is 0 Å². The summed E-state index contributed by atoms with van der Waals surface area (Å²) in [6.07, 6.45) is -11.4. The zero-order valence-electron chi connectivity index (χ0n) is 12.0. The van der Waals surface area contributed by atoms with Gasteiger partial charge in [0.25, 0.3) is 0 Å². The van der Waals surface area contributed by atoms with E-state index in [-0.39, 0.29) is 0 Å². The highest BCUT2D eigenvalue weighted by atomic mass is 16.8. The third kappa shape index (κ3) is 3.23. The molecule has 9 unspecified atom stereocenters. The molecule has 0 amide bonds. The van der Waals surface area contributed by atoms with E-state index in [1.54, 1.807) is 0 Å². The fraction of sp³-hybridized carbons (Fsp3) is 1.00. The molecule has 0 spiro atoms. The summed E-state index contributed by atoms with van der Waals surface area (Å²) in [6, 6.07) is 0. The van der Waals surface area contributed by atoms with Crippen molar-refractivity contribution < 1.29 is 55.1 Å². The SMILES string of the molecule is OCC1OC(OC2(CO)OC(O)C(CO)C2O)C(O)C(O)C1O. The molecule has 11 heteroatoms. The smallest absolute Gasteiger partial charge is 0.223 e. The van der Waals surface area contributed by atoms with Crippen LogP contribution in [0.4, 0.5) is 0 Å². The van der Waals surface area contributed by atoms with Crippen molar-refractivity contribution in [1.29, 1.82) is 0 Å². The highest BCUT2D eigenvalue weighted by Crippen LogP contribution is 2.38. The van der Waals surface area contributed by atoms with Gasteiger partial charge in [-0.05, 0) is 0 Å². The minimum absolute atomic E-state index is 0.665. The first-order valence-corrected chi connectivity index (χ1v) is 7.05. The first-order valence-electron chi connectivity index (χ1n) is 7.05. The van der Waals surface area contributed by atoms with Crippen LogP contribution in [-0.4, -0.2) is 110 Å². The molecule has 11 nitrogen and oxygen atoms in total. The van der Waals surface area contributed by atoms with Crippen molar-refractivity contribution in [2.75, 3.05) is 19.8 Å². The van der Waals surface area contributed by atoms with Gasteiger partial charge in [0.1, 0.15) is 37.1 Å². The maximum atomic E-state index is 10.1. The van der Waals surface area contributed by atoms with Crippen LogP contribution in [0.3, 0.4) is 0 Å². The molecule has 9 atom stereocenters. The van der Waals surface area contributed by atoms with Crippen LogP contribution in [0, 0.1) is 5.92 Å². The maximum Gasteiger partial charge on any atom is 0.223 e. The third-order valence-corrected chi connectivity index (χ3v) is 4.14. The van der Waals surface area contributed by atoms with Crippen LogP contribution in [0.25, 0.3) is 0 Å². The van der Waals surface area contributed by atoms with Gasteiger partial charge in [0, 0.05) is 0 Å². The van der Waals surface area contributed by atoms with Crippen molar-refractivity contribution in [3.8, 4) is 0 Å². The van der Waals surface area contributed by atoms with Gasteiger partial charge in [0.05, 0.1) is 19.1 Å². The summed E-state index contributed by atoms with van der Waals surface area (Å²) in [5.41, 5.74) is 0. The van der Waals surface area contributed by atoms with Crippen LogP contribution < -0.4 is 0 Å². The summed E-state index contributed by atoms with van der Waals surface area (Å²) < 4.78 is 15.3. The van der Waals surface area contributed by atoms with Gasteiger partial charge in [-0.1, -0.05) is 0 Å². The molecule has 2 aliphatic rings. The molecule has 8 N–H and O–H groups in total. The summed E-state index contributed by atoms with van der Waals surface area (Å²) >= 11 is 0. The van der Waals surface area contributed by atoms with Crippen molar-refractivity contribution in [3.63, 3.8) is 0 Å². The van der Waals surface area contributed by atoms with E-state index in [4.69, 9.17) is 24.4 Å². The lowest BCUT2D eigenvalue weighted by molar-refractivity contribution is -0.389. The average molecular weight is 342 g/mol.